The Kier molecular flexibility index (Phi) is 6.84. The molecule has 1 heterocycles. The number of sulfonamides is 1. The summed E-state index contributed by atoms with van der Waals surface area (Å²) in [5, 5.41) is 2.75. The Bertz CT molecular complexity index is 1020. The van der Waals surface area contributed by atoms with Gasteiger partial charge >= 0.3 is 0 Å². The van der Waals surface area contributed by atoms with Gasteiger partial charge in [0.2, 0.25) is 10.0 Å². The molecule has 2 aromatic rings. The Labute approximate surface area is 176 Å². The molecule has 1 aliphatic heterocycles. The van der Waals surface area contributed by atoms with Crippen LogP contribution in [0.2, 0.25) is 0 Å². The second-order valence-corrected chi connectivity index (χ2v) is 8.76. The van der Waals surface area contributed by atoms with Crippen molar-refractivity contribution in [1.29, 1.82) is 0 Å². The molecule has 0 spiro atoms. The van der Waals surface area contributed by atoms with Crippen molar-refractivity contribution < 1.29 is 27.4 Å². The SMILES string of the molecule is COc1ccc(OC)c(NC(=O)c2ccc(OC)c(S(=O)(=O)N3CCCCC3)c2)c1. The van der Waals surface area contributed by atoms with E-state index < -0.39 is 15.9 Å². The zero-order valence-electron chi connectivity index (χ0n) is 17.3. The van der Waals surface area contributed by atoms with Gasteiger partial charge in [-0.05, 0) is 43.2 Å². The van der Waals surface area contributed by atoms with E-state index in [1.54, 1.807) is 18.2 Å². The first kappa shape index (κ1) is 21.9. The van der Waals surface area contributed by atoms with Gasteiger partial charge in [-0.15, -0.1) is 0 Å². The molecule has 1 amide bonds. The van der Waals surface area contributed by atoms with E-state index in [0.29, 0.717) is 30.3 Å². The van der Waals surface area contributed by atoms with Crippen molar-refractivity contribution in [2.24, 2.45) is 0 Å². The van der Waals surface area contributed by atoms with E-state index in [4.69, 9.17) is 14.2 Å². The molecule has 0 aliphatic carbocycles. The molecule has 0 atom stereocenters. The summed E-state index contributed by atoms with van der Waals surface area (Å²) >= 11 is 0. The molecule has 0 bridgehead atoms. The maximum atomic E-state index is 13.2. The largest absolute Gasteiger partial charge is 0.497 e. The van der Waals surface area contributed by atoms with Crippen molar-refractivity contribution in [2.45, 2.75) is 24.2 Å². The number of nitrogens with one attached hydrogen (secondary N) is 1. The standard InChI is InChI=1S/C21H26N2O6S/c1-27-16-8-10-18(28-2)17(14-16)22-21(24)15-7-9-19(29-3)20(13-15)30(25,26)23-11-5-4-6-12-23/h7-10,13-14H,4-6,11-12H2,1-3H3,(H,22,24). The van der Waals surface area contributed by atoms with Crippen molar-refractivity contribution in [1.82, 2.24) is 4.31 Å². The van der Waals surface area contributed by atoms with Gasteiger partial charge < -0.3 is 19.5 Å². The number of carbonyl (C=O) groups is 1. The number of hydrogen-bond acceptors (Lipinski definition) is 6. The lowest BCUT2D eigenvalue weighted by atomic mass is 10.2. The fraction of sp³-hybridized carbons (Fsp3) is 0.381. The summed E-state index contributed by atoms with van der Waals surface area (Å²) in [6, 6.07) is 9.39. The van der Waals surface area contributed by atoms with Crippen LogP contribution in [0.3, 0.4) is 0 Å². The van der Waals surface area contributed by atoms with Crippen LogP contribution in [0.4, 0.5) is 5.69 Å². The predicted molar refractivity (Wildman–Crippen MR) is 113 cm³/mol. The summed E-state index contributed by atoms with van der Waals surface area (Å²) in [4.78, 5) is 12.9. The zero-order chi connectivity index (χ0) is 21.7. The van der Waals surface area contributed by atoms with Crippen molar-refractivity contribution >= 4 is 21.6 Å². The van der Waals surface area contributed by atoms with Gasteiger partial charge in [0.15, 0.2) is 0 Å². The van der Waals surface area contributed by atoms with Crippen LogP contribution in [0.15, 0.2) is 41.3 Å². The molecule has 9 heteroatoms. The summed E-state index contributed by atoms with van der Waals surface area (Å²) in [6.07, 6.45) is 2.64. The average Bonchev–Trinajstić information content (AvgIpc) is 2.79. The molecule has 0 aromatic heterocycles. The Hall–Kier alpha value is -2.78. The number of benzene rings is 2. The average molecular weight is 435 g/mol. The van der Waals surface area contributed by atoms with Crippen LogP contribution in [0, 0.1) is 0 Å². The molecule has 2 aromatic carbocycles. The summed E-state index contributed by atoms with van der Waals surface area (Å²) in [5.74, 6) is 0.739. The topological polar surface area (TPSA) is 94.2 Å². The highest BCUT2D eigenvalue weighted by atomic mass is 32.2. The smallest absolute Gasteiger partial charge is 0.255 e. The molecule has 30 heavy (non-hydrogen) atoms. The van der Waals surface area contributed by atoms with Crippen molar-refractivity contribution in [2.75, 3.05) is 39.7 Å². The molecular weight excluding hydrogens is 408 g/mol. The third kappa shape index (κ3) is 4.52. The van der Waals surface area contributed by atoms with Crippen LogP contribution < -0.4 is 19.5 Å². The number of piperidine rings is 1. The maximum Gasteiger partial charge on any atom is 0.255 e. The number of rotatable bonds is 7. The van der Waals surface area contributed by atoms with Crippen LogP contribution in [-0.2, 0) is 10.0 Å². The second-order valence-electron chi connectivity index (χ2n) is 6.85. The molecular formula is C21H26N2O6S. The van der Waals surface area contributed by atoms with Crippen molar-refractivity contribution in [3.63, 3.8) is 0 Å². The highest BCUT2D eigenvalue weighted by Crippen LogP contribution is 2.32. The molecule has 1 fully saturated rings. The molecule has 0 radical (unpaired) electrons. The van der Waals surface area contributed by atoms with E-state index in [0.717, 1.165) is 19.3 Å². The fourth-order valence-corrected chi connectivity index (χ4v) is 5.07. The lowest BCUT2D eigenvalue weighted by Crippen LogP contribution is -2.35. The second kappa shape index (κ2) is 9.36. The monoisotopic (exact) mass is 434 g/mol. The fourth-order valence-electron chi connectivity index (χ4n) is 3.37. The minimum Gasteiger partial charge on any atom is -0.497 e. The number of anilines is 1. The van der Waals surface area contributed by atoms with Crippen molar-refractivity contribution in [3.05, 3.63) is 42.0 Å². The molecule has 0 saturated carbocycles. The lowest BCUT2D eigenvalue weighted by Gasteiger charge is -2.26. The van der Waals surface area contributed by atoms with E-state index in [1.807, 2.05) is 0 Å². The summed E-state index contributed by atoms with van der Waals surface area (Å²) in [5.41, 5.74) is 0.606. The molecule has 162 valence electrons. The molecule has 3 rings (SSSR count). The lowest BCUT2D eigenvalue weighted by molar-refractivity contribution is 0.102. The number of carbonyl (C=O) groups excluding carboxylic acids is 1. The molecule has 8 nitrogen and oxygen atoms in total. The summed E-state index contributed by atoms with van der Waals surface area (Å²) < 4.78 is 43.5. The Morgan fingerprint density at radius 2 is 1.57 bits per heavy atom. The molecule has 0 unspecified atom stereocenters. The molecule has 1 aliphatic rings. The van der Waals surface area contributed by atoms with Gasteiger partial charge in [0.1, 0.15) is 22.1 Å². The Balaban J connectivity index is 1.94. The van der Waals surface area contributed by atoms with Crippen LogP contribution in [0.25, 0.3) is 0 Å². The van der Waals surface area contributed by atoms with Gasteiger partial charge in [0.05, 0.1) is 27.0 Å². The molecule has 1 N–H and O–H groups in total. The third-order valence-corrected chi connectivity index (χ3v) is 6.93. The minimum atomic E-state index is -3.77. The number of methoxy groups -OCH3 is 3. The Morgan fingerprint density at radius 3 is 2.20 bits per heavy atom. The van der Waals surface area contributed by atoms with Gasteiger partial charge in [0, 0.05) is 24.7 Å². The van der Waals surface area contributed by atoms with Crippen molar-refractivity contribution in [3.8, 4) is 17.2 Å². The first-order chi connectivity index (χ1) is 14.4. The number of nitrogens with zero attached hydrogens (tertiary/aromatic N) is 1. The van der Waals surface area contributed by atoms with Gasteiger partial charge in [-0.1, -0.05) is 6.42 Å². The number of ether oxygens (including phenoxy) is 3. The van der Waals surface area contributed by atoms with Crippen LogP contribution >= 0.6 is 0 Å². The summed E-state index contributed by atoms with van der Waals surface area (Å²) in [6.45, 7) is 0.922. The number of amides is 1. The highest BCUT2D eigenvalue weighted by Gasteiger charge is 2.29. The van der Waals surface area contributed by atoms with E-state index in [2.05, 4.69) is 5.32 Å². The van der Waals surface area contributed by atoms with Crippen LogP contribution in [-0.4, -0.2) is 53.0 Å². The van der Waals surface area contributed by atoms with E-state index in [9.17, 15) is 13.2 Å². The van der Waals surface area contributed by atoms with E-state index >= 15 is 0 Å². The predicted octanol–water partition coefficient (Wildman–Crippen LogP) is 3.14. The third-order valence-electron chi connectivity index (χ3n) is 5.01. The quantitative estimate of drug-likeness (QED) is 0.720. The van der Waals surface area contributed by atoms with Gasteiger partial charge in [-0.3, -0.25) is 4.79 Å². The first-order valence-corrected chi connectivity index (χ1v) is 11.1. The highest BCUT2D eigenvalue weighted by molar-refractivity contribution is 7.89. The maximum absolute atomic E-state index is 13.2. The van der Waals surface area contributed by atoms with Gasteiger partial charge in [-0.25, -0.2) is 8.42 Å². The normalized spacial score (nSPS) is 14.8. The summed E-state index contributed by atoms with van der Waals surface area (Å²) in [7, 11) is 0.651. The Morgan fingerprint density at radius 1 is 0.900 bits per heavy atom. The van der Waals surface area contributed by atoms with E-state index in [1.165, 1.54) is 43.8 Å². The van der Waals surface area contributed by atoms with Crippen LogP contribution in [0.5, 0.6) is 17.2 Å². The van der Waals surface area contributed by atoms with E-state index in [-0.39, 0.29) is 16.2 Å². The zero-order valence-corrected chi connectivity index (χ0v) is 18.1. The number of hydrogen-bond donors (Lipinski definition) is 1. The minimum absolute atomic E-state index is 0.0165. The van der Waals surface area contributed by atoms with Crippen LogP contribution in [0.1, 0.15) is 29.6 Å². The van der Waals surface area contributed by atoms with Gasteiger partial charge in [-0.2, -0.15) is 4.31 Å². The van der Waals surface area contributed by atoms with Gasteiger partial charge in [0.25, 0.3) is 5.91 Å². The molecule has 1 saturated heterocycles. The first-order valence-electron chi connectivity index (χ1n) is 9.62.